The van der Waals surface area contributed by atoms with Crippen molar-refractivity contribution in [2.75, 3.05) is 6.54 Å². The minimum absolute atomic E-state index is 0.0645. The number of rotatable bonds is 4. The Morgan fingerprint density at radius 3 is 2.52 bits per heavy atom. The Bertz CT molecular complexity index is 953. The number of fused-ring (bicyclic) bond motifs is 2. The molecule has 1 aliphatic carbocycles. The van der Waals surface area contributed by atoms with Gasteiger partial charge in [-0.25, -0.2) is 5.43 Å². The maximum Gasteiger partial charge on any atom is 0.241 e. The highest BCUT2D eigenvalue weighted by atomic mass is 32.1. The Morgan fingerprint density at radius 1 is 1.19 bits per heavy atom. The van der Waals surface area contributed by atoms with Gasteiger partial charge in [-0.15, -0.1) is 5.10 Å². The number of nitrogens with zero attached hydrogens (tertiary/aromatic N) is 3. The first-order valence-corrected chi connectivity index (χ1v) is 10.1. The number of benzene rings is 1. The average Bonchev–Trinajstić information content (AvgIpc) is 3.14. The summed E-state index contributed by atoms with van der Waals surface area (Å²) in [5, 5.41) is 4.19. The molecule has 1 aliphatic heterocycles. The number of para-hydroxylation sites is 1. The highest BCUT2D eigenvalue weighted by Gasteiger charge is 2.47. The van der Waals surface area contributed by atoms with Crippen LogP contribution < -0.4 is 10.2 Å². The number of likely N-dealkylation sites (tertiary alicyclic amines) is 1. The molecule has 0 bridgehead atoms. The molecule has 8 heteroatoms. The minimum Gasteiger partial charge on any atom is -0.318 e. The average molecular weight is 386 g/mol. The molecule has 2 unspecified atom stereocenters. The molecule has 4 rings (SSSR count). The van der Waals surface area contributed by atoms with Crippen molar-refractivity contribution in [3.63, 3.8) is 0 Å². The van der Waals surface area contributed by atoms with Crippen molar-refractivity contribution in [1.82, 2.24) is 14.9 Å². The predicted octanol–water partition coefficient (Wildman–Crippen LogP) is 1.74. The zero-order chi connectivity index (χ0) is 19.0. The van der Waals surface area contributed by atoms with Gasteiger partial charge in [-0.2, -0.15) is 0 Å². The van der Waals surface area contributed by atoms with E-state index in [1.54, 1.807) is 0 Å². The molecule has 2 aliphatic rings. The van der Waals surface area contributed by atoms with Crippen LogP contribution >= 0.6 is 11.3 Å². The van der Waals surface area contributed by atoms with Gasteiger partial charge in [0, 0.05) is 20.0 Å². The number of carbonyl (C=O) groups is 3. The first-order chi connectivity index (χ1) is 13.1. The molecule has 3 amide bonds. The second kappa shape index (κ2) is 7.26. The fraction of sp³-hybridized carbons (Fsp3) is 0.474. The van der Waals surface area contributed by atoms with Gasteiger partial charge in [0.05, 0.1) is 22.1 Å². The SMILES string of the molecule is Cn1/c(=N/NC(=O)CCN2C(=O)C3CCCCC3C2=O)sc2ccccc21. The molecule has 2 aromatic rings. The van der Waals surface area contributed by atoms with E-state index in [2.05, 4.69) is 10.5 Å². The number of hydrogen-bond acceptors (Lipinski definition) is 5. The molecule has 142 valence electrons. The van der Waals surface area contributed by atoms with Gasteiger partial charge >= 0.3 is 0 Å². The number of amides is 3. The van der Waals surface area contributed by atoms with Crippen molar-refractivity contribution in [2.45, 2.75) is 32.1 Å². The monoisotopic (exact) mass is 386 g/mol. The van der Waals surface area contributed by atoms with Crippen LogP contribution in [0.3, 0.4) is 0 Å². The van der Waals surface area contributed by atoms with Gasteiger partial charge in [-0.3, -0.25) is 19.3 Å². The molecule has 1 N–H and O–H groups in total. The summed E-state index contributed by atoms with van der Waals surface area (Å²) in [6.07, 6.45) is 3.64. The zero-order valence-corrected chi connectivity index (χ0v) is 16.0. The number of hydrogen-bond donors (Lipinski definition) is 1. The van der Waals surface area contributed by atoms with Crippen LogP contribution in [-0.4, -0.2) is 33.7 Å². The highest BCUT2D eigenvalue weighted by molar-refractivity contribution is 7.16. The summed E-state index contributed by atoms with van der Waals surface area (Å²) in [6, 6.07) is 7.92. The number of aryl methyl sites for hydroxylation is 1. The van der Waals surface area contributed by atoms with Crippen LogP contribution in [0.1, 0.15) is 32.1 Å². The molecule has 2 atom stereocenters. The molecule has 7 nitrogen and oxygen atoms in total. The fourth-order valence-electron chi connectivity index (χ4n) is 4.02. The third-order valence-corrected chi connectivity index (χ3v) is 6.60. The molecular formula is C19H22N4O3S. The lowest BCUT2D eigenvalue weighted by Crippen LogP contribution is -2.35. The van der Waals surface area contributed by atoms with Gasteiger partial charge in [0.15, 0.2) is 0 Å². The standard InChI is InChI=1S/C19H22N4O3S/c1-22-14-8-4-5-9-15(14)27-19(22)21-20-16(24)10-11-23-17(25)12-6-2-3-7-13(12)18(23)26/h4-5,8-9,12-13H,2-3,6-7,10-11H2,1H3,(H,20,24)/b21-19-. The van der Waals surface area contributed by atoms with Crippen LogP contribution in [0.2, 0.25) is 0 Å². The van der Waals surface area contributed by atoms with E-state index < -0.39 is 0 Å². The number of thiazole rings is 1. The second-order valence-corrected chi connectivity index (χ2v) is 8.14. The lowest BCUT2D eigenvalue weighted by Gasteiger charge is -2.19. The van der Waals surface area contributed by atoms with E-state index >= 15 is 0 Å². The molecule has 2 fully saturated rings. The molecule has 27 heavy (non-hydrogen) atoms. The van der Waals surface area contributed by atoms with Gasteiger partial charge in [0.1, 0.15) is 0 Å². The van der Waals surface area contributed by atoms with E-state index in [-0.39, 0.29) is 42.5 Å². The summed E-state index contributed by atoms with van der Waals surface area (Å²) in [5.74, 6) is -0.855. The number of imide groups is 1. The lowest BCUT2D eigenvalue weighted by molar-refractivity contribution is -0.140. The Kier molecular flexibility index (Phi) is 4.82. The van der Waals surface area contributed by atoms with E-state index in [0.717, 1.165) is 35.9 Å². The van der Waals surface area contributed by atoms with Gasteiger partial charge in [-0.05, 0) is 25.0 Å². The van der Waals surface area contributed by atoms with Crippen LogP contribution in [0.25, 0.3) is 10.2 Å². The Labute approximate surface area is 160 Å². The quantitative estimate of drug-likeness (QED) is 0.642. The van der Waals surface area contributed by atoms with Crippen LogP contribution in [-0.2, 0) is 21.4 Å². The summed E-state index contributed by atoms with van der Waals surface area (Å²) >= 11 is 1.49. The molecule has 2 heterocycles. The molecule has 1 saturated carbocycles. The van der Waals surface area contributed by atoms with Gasteiger partial charge in [0.25, 0.3) is 0 Å². The molecule has 0 radical (unpaired) electrons. The summed E-state index contributed by atoms with van der Waals surface area (Å²) in [6.45, 7) is 0.130. The Balaban J connectivity index is 1.39. The van der Waals surface area contributed by atoms with E-state index in [0.29, 0.717) is 4.80 Å². The van der Waals surface area contributed by atoms with Crippen molar-refractivity contribution < 1.29 is 14.4 Å². The third kappa shape index (κ3) is 3.29. The maximum absolute atomic E-state index is 12.4. The molecule has 0 spiro atoms. The molecular weight excluding hydrogens is 364 g/mol. The number of carbonyl (C=O) groups excluding carboxylic acids is 3. The van der Waals surface area contributed by atoms with Crippen LogP contribution in [0.5, 0.6) is 0 Å². The number of aromatic nitrogens is 1. The summed E-state index contributed by atoms with van der Waals surface area (Å²) in [7, 11) is 1.90. The fourth-order valence-corrected chi connectivity index (χ4v) is 5.00. The van der Waals surface area contributed by atoms with E-state index in [1.165, 1.54) is 16.2 Å². The molecule has 1 saturated heterocycles. The highest BCUT2D eigenvalue weighted by Crippen LogP contribution is 2.37. The maximum atomic E-state index is 12.4. The smallest absolute Gasteiger partial charge is 0.241 e. The van der Waals surface area contributed by atoms with Crippen LogP contribution in [0.15, 0.2) is 29.4 Å². The minimum atomic E-state index is -0.303. The number of nitrogens with one attached hydrogen (secondary N) is 1. The second-order valence-electron chi connectivity index (χ2n) is 7.13. The molecule has 1 aromatic carbocycles. The first-order valence-electron chi connectivity index (χ1n) is 9.28. The topological polar surface area (TPSA) is 83.8 Å². The summed E-state index contributed by atoms with van der Waals surface area (Å²) in [4.78, 5) is 39.0. The zero-order valence-electron chi connectivity index (χ0n) is 15.2. The molecule has 1 aromatic heterocycles. The van der Waals surface area contributed by atoms with Gasteiger partial charge < -0.3 is 4.57 Å². The van der Waals surface area contributed by atoms with Gasteiger partial charge in [-0.1, -0.05) is 36.3 Å². The van der Waals surface area contributed by atoms with Crippen molar-refractivity contribution in [3.05, 3.63) is 29.1 Å². The normalized spacial score (nSPS) is 23.1. The third-order valence-electron chi connectivity index (χ3n) is 5.49. The van der Waals surface area contributed by atoms with E-state index in [9.17, 15) is 14.4 Å². The summed E-state index contributed by atoms with van der Waals surface area (Å²) in [5.41, 5.74) is 3.59. The van der Waals surface area contributed by atoms with Crippen molar-refractivity contribution in [2.24, 2.45) is 24.0 Å². The van der Waals surface area contributed by atoms with E-state index in [1.807, 2.05) is 35.9 Å². The van der Waals surface area contributed by atoms with E-state index in [4.69, 9.17) is 0 Å². The largest absolute Gasteiger partial charge is 0.318 e. The van der Waals surface area contributed by atoms with Gasteiger partial charge in [0.2, 0.25) is 22.5 Å². The van der Waals surface area contributed by atoms with Crippen LogP contribution in [0, 0.1) is 11.8 Å². The van der Waals surface area contributed by atoms with Crippen LogP contribution in [0.4, 0.5) is 0 Å². The van der Waals surface area contributed by atoms with Crippen molar-refractivity contribution >= 4 is 39.3 Å². The summed E-state index contributed by atoms with van der Waals surface area (Å²) < 4.78 is 3.00. The van der Waals surface area contributed by atoms with Crippen molar-refractivity contribution in [1.29, 1.82) is 0 Å². The lowest BCUT2D eigenvalue weighted by atomic mass is 9.81. The Hall–Kier alpha value is -2.48. The Morgan fingerprint density at radius 2 is 1.85 bits per heavy atom. The van der Waals surface area contributed by atoms with Crippen molar-refractivity contribution in [3.8, 4) is 0 Å². The first kappa shape index (κ1) is 17.9. The predicted molar refractivity (Wildman–Crippen MR) is 101 cm³/mol.